The Kier molecular flexibility index (Phi) is 4.80. The van der Waals surface area contributed by atoms with Crippen LogP contribution in [-0.4, -0.2) is 0 Å². The maximum absolute atomic E-state index is 13.6. The highest BCUT2D eigenvalue weighted by atomic mass is 19.4. The molecule has 0 saturated carbocycles. The molecular weight excluding hydrogens is 347 g/mol. The number of benzene rings is 3. The highest BCUT2D eigenvalue weighted by molar-refractivity contribution is 5.78. The fourth-order valence-corrected chi connectivity index (χ4v) is 3.10. The molecule has 0 fully saturated rings. The molecule has 0 unspecified atom stereocenters. The minimum Gasteiger partial charge on any atom is -0.192 e. The Morgan fingerprint density at radius 2 is 1.33 bits per heavy atom. The minimum atomic E-state index is -4.54. The van der Waals surface area contributed by atoms with Gasteiger partial charge >= 0.3 is 6.18 Å². The van der Waals surface area contributed by atoms with Crippen LogP contribution in [0.5, 0.6) is 0 Å². The van der Waals surface area contributed by atoms with Gasteiger partial charge in [-0.3, -0.25) is 0 Å². The van der Waals surface area contributed by atoms with Gasteiger partial charge in [-0.25, -0.2) is 0 Å². The van der Waals surface area contributed by atoms with Gasteiger partial charge in [0, 0.05) is 0 Å². The first kappa shape index (κ1) is 18.7. The summed E-state index contributed by atoms with van der Waals surface area (Å²) >= 11 is 0. The molecule has 0 radical (unpaired) electrons. The molecule has 3 aromatic rings. The lowest BCUT2D eigenvalue weighted by Crippen LogP contribution is -2.08. The van der Waals surface area contributed by atoms with Gasteiger partial charge in [0.05, 0.1) is 17.2 Å². The Morgan fingerprint density at radius 3 is 1.93 bits per heavy atom. The molecule has 27 heavy (non-hydrogen) atoms. The fraction of sp³-hybridized carbons (Fsp3) is 0.174. The van der Waals surface area contributed by atoms with E-state index in [-0.39, 0.29) is 11.1 Å². The van der Waals surface area contributed by atoms with Crippen LogP contribution in [0.3, 0.4) is 0 Å². The largest absolute Gasteiger partial charge is 0.417 e. The Morgan fingerprint density at radius 1 is 0.704 bits per heavy atom. The first-order chi connectivity index (χ1) is 12.7. The third kappa shape index (κ3) is 3.73. The average Bonchev–Trinajstić information content (AvgIpc) is 2.63. The first-order valence-corrected chi connectivity index (χ1v) is 8.50. The standard InChI is InChI=1S/C23H18F3N/c1-14-4-7-18(10-16(14)3)19-8-5-15(2)21(12-19)20-9-6-17(13-27)11-22(20)23(24,25)26/h4-12H,1-3H3. The van der Waals surface area contributed by atoms with Gasteiger partial charge in [-0.05, 0) is 77.9 Å². The van der Waals surface area contributed by atoms with Crippen LogP contribution in [0.4, 0.5) is 13.2 Å². The number of alkyl halides is 3. The molecule has 0 aliphatic carbocycles. The summed E-state index contributed by atoms with van der Waals surface area (Å²) < 4.78 is 40.8. The second kappa shape index (κ2) is 6.92. The zero-order valence-corrected chi connectivity index (χ0v) is 15.3. The molecule has 3 aromatic carbocycles. The predicted octanol–water partition coefficient (Wildman–Crippen LogP) is 6.84. The Labute approximate surface area is 156 Å². The van der Waals surface area contributed by atoms with Gasteiger partial charge in [0.1, 0.15) is 0 Å². The average molecular weight is 365 g/mol. The summed E-state index contributed by atoms with van der Waals surface area (Å²) in [7, 11) is 0. The molecule has 0 atom stereocenters. The molecule has 4 heteroatoms. The monoisotopic (exact) mass is 365 g/mol. The lowest BCUT2D eigenvalue weighted by atomic mass is 9.91. The molecule has 0 heterocycles. The molecule has 0 aliphatic rings. The van der Waals surface area contributed by atoms with E-state index in [0.29, 0.717) is 5.56 Å². The summed E-state index contributed by atoms with van der Waals surface area (Å²) in [6.45, 7) is 5.82. The smallest absolute Gasteiger partial charge is 0.192 e. The fourth-order valence-electron chi connectivity index (χ4n) is 3.10. The lowest BCUT2D eigenvalue weighted by Gasteiger charge is -2.16. The van der Waals surface area contributed by atoms with E-state index in [1.807, 2.05) is 44.2 Å². The van der Waals surface area contributed by atoms with Crippen LogP contribution >= 0.6 is 0 Å². The van der Waals surface area contributed by atoms with E-state index < -0.39 is 11.7 Å². The van der Waals surface area contributed by atoms with E-state index in [9.17, 15) is 13.2 Å². The van der Waals surface area contributed by atoms with Gasteiger partial charge in [0.2, 0.25) is 0 Å². The maximum atomic E-state index is 13.6. The summed E-state index contributed by atoms with van der Waals surface area (Å²) in [4.78, 5) is 0. The molecule has 0 aliphatic heterocycles. The van der Waals surface area contributed by atoms with Crippen molar-refractivity contribution in [3.8, 4) is 28.3 Å². The highest BCUT2D eigenvalue weighted by Crippen LogP contribution is 2.40. The summed E-state index contributed by atoms with van der Waals surface area (Å²) in [5.74, 6) is 0. The zero-order valence-electron chi connectivity index (χ0n) is 15.3. The third-order valence-electron chi connectivity index (χ3n) is 4.82. The van der Waals surface area contributed by atoms with Crippen molar-refractivity contribution in [2.24, 2.45) is 0 Å². The van der Waals surface area contributed by atoms with Gasteiger partial charge in [-0.1, -0.05) is 36.4 Å². The van der Waals surface area contributed by atoms with Gasteiger partial charge in [-0.15, -0.1) is 0 Å². The summed E-state index contributed by atoms with van der Waals surface area (Å²) in [6.07, 6.45) is -4.54. The van der Waals surface area contributed by atoms with Crippen LogP contribution in [-0.2, 0) is 6.18 Å². The quantitative estimate of drug-likeness (QED) is 0.488. The SMILES string of the molecule is Cc1ccc(-c2ccc(C)c(-c3ccc(C#N)cc3C(F)(F)F)c2)cc1C. The van der Waals surface area contributed by atoms with E-state index >= 15 is 0 Å². The summed E-state index contributed by atoms with van der Waals surface area (Å²) in [5.41, 5.74) is 4.67. The van der Waals surface area contributed by atoms with Crippen LogP contribution in [0.25, 0.3) is 22.3 Å². The lowest BCUT2D eigenvalue weighted by molar-refractivity contribution is -0.137. The van der Waals surface area contributed by atoms with Crippen LogP contribution in [0.2, 0.25) is 0 Å². The van der Waals surface area contributed by atoms with Crippen molar-refractivity contribution in [1.29, 1.82) is 5.26 Å². The van der Waals surface area contributed by atoms with Crippen molar-refractivity contribution >= 4 is 0 Å². The molecule has 0 bridgehead atoms. The van der Waals surface area contributed by atoms with Gasteiger partial charge in [0.25, 0.3) is 0 Å². The first-order valence-electron chi connectivity index (χ1n) is 8.50. The second-order valence-corrected chi connectivity index (χ2v) is 6.70. The molecule has 0 aromatic heterocycles. The minimum absolute atomic E-state index is 0.00552. The van der Waals surface area contributed by atoms with Gasteiger partial charge in [0.15, 0.2) is 0 Å². The number of nitrogens with zero attached hydrogens (tertiary/aromatic N) is 1. The van der Waals surface area contributed by atoms with Crippen molar-refractivity contribution in [2.45, 2.75) is 26.9 Å². The van der Waals surface area contributed by atoms with E-state index in [0.717, 1.165) is 33.9 Å². The van der Waals surface area contributed by atoms with Gasteiger partial charge < -0.3 is 0 Å². The van der Waals surface area contributed by atoms with E-state index in [1.165, 1.54) is 12.1 Å². The summed E-state index contributed by atoms with van der Waals surface area (Å²) in [6, 6.07) is 17.1. The van der Waals surface area contributed by atoms with Crippen LogP contribution < -0.4 is 0 Å². The Hall–Kier alpha value is -3.06. The molecule has 0 amide bonds. The van der Waals surface area contributed by atoms with Crippen molar-refractivity contribution in [2.75, 3.05) is 0 Å². The molecule has 3 rings (SSSR count). The number of rotatable bonds is 2. The van der Waals surface area contributed by atoms with Crippen molar-refractivity contribution in [3.05, 3.63) is 82.4 Å². The van der Waals surface area contributed by atoms with Crippen molar-refractivity contribution in [3.63, 3.8) is 0 Å². The predicted molar refractivity (Wildman–Crippen MR) is 101 cm³/mol. The molecular formula is C23H18F3N. The third-order valence-corrected chi connectivity index (χ3v) is 4.82. The zero-order chi connectivity index (χ0) is 19.8. The Bertz CT molecular complexity index is 1060. The number of halogens is 3. The molecule has 136 valence electrons. The second-order valence-electron chi connectivity index (χ2n) is 6.70. The molecule has 0 saturated heterocycles. The number of aryl methyl sites for hydroxylation is 3. The van der Waals surface area contributed by atoms with Crippen molar-refractivity contribution < 1.29 is 13.2 Å². The topological polar surface area (TPSA) is 23.8 Å². The van der Waals surface area contributed by atoms with Gasteiger partial charge in [-0.2, -0.15) is 18.4 Å². The molecule has 0 N–H and O–H groups in total. The van der Waals surface area contributed by atoms with Crippen molar-refractivity contribution in [1.82, 2.24) is 0 Å². The van der Waals surface area contributed by atoms with E-state index in [2.05, 4.69) is 0 Å². The maximum Gasteiger partial charge on any atom is 0.417 e. The number of hydrogen-bond acceptors (Lipinski definition) is 1. The van der Waals surface area contributed by atoms with E-state index in [1.54, 1.807) is 19.1 Å². The number of nitriles is 1. The van der Waals surface area contributed by atoms with E-state index in [4.69, 9.17) is 5.26 Å². The van der Waals surface area contributed by atoms with Crippen LogP contribution in [0.15, 0.2) is 54.6 Å². The molecule has 0 spiro atoms. The van der Waals surface area contributed by atoms with Crippen LogP contribution in [0, 0.1) is 32.1 Å². The van der Waals surface area contributed by atoms with Crippen LogP contribution in [0.1, 0.15) is 27.8 Å². The summed E-state index contributed by atoms with van der Waals surface area (Å²) in [5, 5.41) is 8.97. The number of hydrogen-bond donors (Lipinski definition) is 0. The normalized spacial score (nSPS) is 11.3. The Balaban J connectivity index is 2.21. The molecule has 1 nitrogen and oxygen atoms in total. The highest BCUT2D eigenvalue weighted by Gasteiger charge is 2.34.